The van der Waals surface area contributed by atoms with Crippen molar-refractivity contribution in [1.82, 2.24) is 15.0 Å². The quantitative estimate of drug-likeness (QED) is 0.127. The molecule has 0 fully saturated rings. The van der Waals surface area contributed by atoms with Gasteiger partial charge in [0.05, 0.1) is 20.8 Å². The number of hydrogen-bond donors (Lipinski definition) is 2. The van der Waals surface area contributed by atoms with Crippen molar-refractivity contribution in [3.05, 3.63) is 126 Å². The van der Waals surface area contributed by atoms with Crippen molar-refractivity contribution >= 4 is 0 Å². The SMILES string of the molecule is COc1cc(CCO)ccc1O.COc1cc(CCOc2cccc(F)n2)ccc1Oc1cccc(F)n1.Fc1cccc(F)n1.[K+].[OH-]. The molecular formula is C33H32F4KN3O7. The van der Waals surface area contributed by atoms with Crippen LogP contribution in [0.25, 0.3) is 0 Å². The van der Waals surface area contributed by atoms with E-state index in [4.69, 9.17) is 24.1 Å². The fourth-order valence-electron chi connectivity index (χ4n) is 3.64. The van der Waals surface area contributed by atoms with Crippen LogP contribution < -0.4 is 70.3 Å². The zero-order valence-corrected chi connectivity index (χ0v) is 29.4. The first-order chi connectivity index (χ1) is 22.2. The summed E-state index contributed by atoms with van der Waals surface area (Å²) < 4.78 is 71.0. The Hall–Kier alpha value is -3.83. The number of hydrogen-bond acceptors (Lipinski definition) is 10. The summed E-state index contributed by atoms with van der Waals surface area (Å²) in [6.45, 7) is 0.430. The molecule has 0 radical (unpaired) electrons. The molecule has 0 aliphatic rings. The van der Waals surface area contributed by atoms with Crippen LogP contribution in [0.1, 0.15) is 11.1 Å². The van der Waals surface area contributed by atoms with Gasteiger partial charge in [-0.1, -0.05) is 30.3 Å². The second kappa shape index (κ2) is 22.7. The number of pyridine rings is 3. The van der Waals surface area contributed by atoms with Gasteiger partial charge in [-0.3, -0.25) is 0 Å². The molecule has 0 bridgehead atoms. The van der Waals surface area contributed by atoms with E-state index in [1.807, 2.05) is 6.07 Å². The van der Waals surface area contributed by atoms with E-state index in [9.17, 15) is 22.7 Å². The van der Waals surface area contributed by atoms with E-state index in [2.05, 4.69) is 15.0 Å². The summed E-state index contributed by atoms with van der Waals surface area (Å²) in [6, 6.07) is 22.5. The summed E-state index contributed by atoms with van der Waals surface area (Å²) in [5.41, 5.74) is 1.88. The Kier molecular flexibility index (Phi) is 19.9. The maximum absolute atomic E-state index is 13.2. The van der Waals surface area contributed by atoms with Crippen molar-refractivity contribution in [1.29, 1.82) is 0 Å². The van der Waals surface area contributed by atoms with Crippen molar-refractivity contribution < 1.29 is 104 Å². The number of benzene rings is 2. The number of ether oxygens (including phenoxy) is 4. The van der Waals surface area contributed by atoms with Crippen LogP contribution >= 0.6 is 0 Å². The average Bonchev–Trinajstić information content (AvgIpc) is 3.03. The van der Waals surface area contributed by atoms with Crippen LogP contribution in [-0.4, -0.2) is 58.1 Å². The molecule has 0 amide bonds. The largest absolute Gasteiger partial charge is 1.00 e. The predicted molar refractivity (Wildman–Crippen MR) is 162 cm³/mol. The minimum atomic E-state index is -0.787. The molecular weight excluding hydrogens is 665 g/mol. The Labute approximate surface area is 317 Å². The smallest absolute Gasteiger partial charge is 0.870 e. The third-order valence-corrected chi connectivity index (χ3v) is 5.79. The average molecular weight is 698 g/mol. The number of phenolic OH excluding ortho intramolecular Hbond substituents is 1. The van der Waals surface area contributed by atoms with Gasteiger partial charge in [0.25, 0.3) is 0 Å². The molecule has 48 heavy (non-hydrogen) atoms. The van der Waals surface area contributed by atoms with Gasteiger partial charge in [-0.2, -0.15) is 32.5 Å². The molecule has 5 rings (SSSR count). The van der Waals surface area contributed by atoms with Crippen molar-refractivity contribution in [2.24, 2.45) is 0 Å². The molecule has 0 saturated heterocycles. The molecule has 5 aromatic rings. The van der Waals surface area contributed by atoms with Crippen molar-refractivity contribution in [2.75, 3.05) is 27.4 Å². The summed E-state index contributed by atoms with van der Waals surface area (Å²) in [7, 11) is 3.01. The second-order valence-electron chi connectivity index (χ2n) is 9.05. The fourth-order valence-corrected chi connectivity index (χ4v) is 3.64. The van der Waals surface area contributed by atoms with E-state index in [0.717, 1.165) is 23.3 Å². The van der Waals surface area contributed by atoms with Crippen LogP contribution in [0, 0.1) is 23.8 Å². The fraction of sp³-hybridized carbons (Fsp3) is 0.182. The minimum absolute atomic E-state index is 0. The van der Waals surface area contributed by atoms with Gasteiger partial charge < -0.3 is 34.6 Å². The zero-order chi connectivity index (χ0) is 33.3. The van der Waals surface area contributed by atoms with Crippen molar-refractivity contribution in [3.63, 3.8) is 0 Å². The first-order valence-corrected chi connectivity index (χ1v) is 13.7. The van der Waals surface area contributed by atoms with Gasteiger partial charge in [-0.25, -0.2) is 0 Å². The maximum atomic E-state index is 13.2. The minimum Gasteiger partial charge on any atom is -0.870 e. The van der Waals surface area contributed by atoms with E-state index in [1.165, 1.54) is 44.6 Å². The van der Waals surface area contributed by atoms with Crippen molar-refractivity contribution in [3.8, 4) is 34.8 Å². The molecule has 0 atom stereocenters. The molecule has 0 aliphatic carbocycles. The molecule has 2 aromatic carbocycles. The third kappa shape index (κ3) is 14.9. The first-order valence-electron chi connectivity index (χ1n) is 13.7. The Bertz CT molecular complexity index is 1670. The molecule has 0 aliphatic heterocycles. The van der Waals surface area contributed by atoms with E-state index in [1.54, 1.807) is 42.5 Å². The number of aliphatic hydroxyl groups is 1. The van der Waals surface area contributed by atoms with Gasteiger partial charge in [0.15, 0.2) is 23.0 Å². The van der Waals surface area contributed by atoms with Gasteiger partial charge in [0.1, 0.15) is 0 Å². The normalized spacial score (nSPS) is 9.65. The van der Waals surface area contributed by atoms with E-state index in [0.29, 0.717) is 36.7 Å². The summed E-state index contributed by atoms with van der Waals surface area (Å²) in [6.07, 6.45) is 1.14. The van der Waals surface area contributed by atoms with Crippen LogP contribution in [0.5, 0.6) is 34.8 Å². The van der Waals surface area contributed by atoms with Gasteiger partial charge in [0, 0.05) is 25.2 Å². The van der Waals surface area contributed by atoms with E-state index in [-0.39, 0.29) is 81.0 Å². The summed E-state index contributed by atoms with van der Waals surface area (Å²) >= 11 is 0. The number of aliphatic hydroxyl groups excluding tert-OH is 1. The third-order valence-electron chi connectivity index (χ3n) is 5.79. The Morgan fingerprint density at radius 1 is 0.604 bits per heavy atom. The Morgan fingerprint density at radius 2 is 1.10 bits per heavy atom. The molecule has 0 unspecified atom stereocenters. The van der Waals surface area contributed by atoms with Crippen LogP contribution in [0.3, 0.4) is 0 Å². The molecule has 3 aromatic heterocycles. The number of aromatic nitrogens is 3. The number of rotatable bonds is 10. The standard InChI is InChI=1S/C19H16F2N2O3.C9H12O3.C5H3F2N.K.H2O/c1-24-15-12-13(10-11-25-18-6-2-4-16(20)22-18)8-9-14(15)26-19-7-3-5-17(21)23-19;1-12-9-6-7(4-5-10)2-3-8(9)11;6-4-2-1-3-5(7)8-4;;/h2-9,12H,10-11H2,1H3;2-3,6,10-11H,4-5H2,1H3;1-3H;;1H2/q;;;+1;/p-1. The second-order valence-corrected chi connectivity index (χ2v) is 9.05. The summed E-state index contributed by atoms with van der Waals surface area (Å²) in [5.74, 6) is -0.946. The molecule has 3 heterocycles. The number of phenols is 1. The Morgan fingerprint density at radius 3 is 1.65 bits per heavy atom. The molecule has 10 nitrogen and oxygen atoms in total. The van der Waals surface area contributed by atoms with Crippen LogP contribution in [-0.2, 0) is 12.8 Å². The van der Waals surface area contributed by atoms with Gasteiger partial charge in [-0.05, 0) is 66.1 Å². The maximum Gasteiger partial charge on any atom is 1.00 e. The monoisotopic (exact) mass is 697 g/mol. The predicted octanol–water partition coefficient (Wildman–Crippen LogP) is 3.30. The van der Waals surface area contributed by atoms with Crippen LogP contribution in [0.2, 0.25) is 0 Å². The van der Waals surface area contributed by atoms with Crippen LogP contribution in [0.4, 0.5) is 17.6 Å². The summed E-state index contributed by atoms with van der Waals surface area (Å²) in [4.78, 5) is 10.1. The summed E-state index contributed by atoms with van der Waals surface area (Å²) in [5, 5.41) is 17.9. The number of halogens is 4. The topological polar surface area (TPSA) is 146 Å². The molecule has 3 N–H and O–H groups in total. The van der Waals surface area contributed by atoms with Crippen molar-refractivity contribution in [2.45, 2.75) is 12.8 Å². The molecule has 0 saturated carbocycles. The van der Waals surface area contributed by atoms with Gasteiger partial charge >= 0.3 is 51.4 Å². The van der Waals surface area contributed by atoms with E-state index < -0.39 is 23.8 Å². The van der Waals surface area contributed by atoms with Gasteiger partial charge in [-0.15, -0.1) is 0 Å². The zero-order valence-electron chi connectivity index (χ0n) is 26.3. The van der Waals surface area contributed by atoms with Gasteiger partial charge in [0.2, 0.25) is 35.6 Å². The van der Waals surface area contributed by atoms with Crippen LogP contribution in [0.15, 0.2) is 91.0 Å². The molecule has 250 valence electrons. The van der Waals surface area contributed by atoms with E-state index >= 15 is 0 Å². The molecule has 0 spiro atoms. The number of nitrogens with zero attached hydrogens (tertiary/aromatic N) is 3. The number of aromatic hydroxyl groups is 1. The molecule has 15 heteroatoms. The first kappa shape index (κ1) is 42.2. The Balaban J connectivity index is 0.000000433. The number of methoxy groups -OCH3 is 2.